The van der Waals surface area contributed by atoms with Crippen LogP contribution in [0, 0.1) is 0 Å². The highest BCUT2D eigenvalue weighted by Gasteiger charge is 2.34. The van der Waals surface area contributed by atoms with Gasteiger partial charge in [-0.25, -0.2) is 8.42 Å². The molecule has 0 aromatic carbocycles. The van der Waals surface area contributed by atoms with Gasteiger partial charge in [0.1, 0.15) is 0 Å². The van der Waals surface area contributed by atoms with Gasteiger partial charge in [0, 0.05) is 5.25 Å². The first-order chi connectivity index (χ1) is 8.46. The summed E-state index contributed by atoms with van der Waals surface area (Å²) in [4.78, 5) is 0. The summed E-state index contributed by atoms with van der Waals surface area (Å²) >= 11 is 1.07. The van der Waals surface area contributed by atoms with Gasteiger partial charge in [-0.2, -0.15) is 5.10 Å². The van der Waals surface area contributed by atoms with E-state index in [-0.39, 0.29) is 11.0 Å². The first-order valence-electron chi connectivity index (χ1n) is 6.08. The standard InChI is InChI=1S/C10H20N2O3S3/c1-4-7-8(5-2)17(13)9-11-12-10(16-9)18(14,15)6-3/h8,10,12H,4-7H2,1-3H3. The summed E-state index contributed by atoms with van der Waals surface area (Å²) < 4.78 is 35.2. The van der Waals surface area contributed by atoms with Crippen LogP contribution in [-0.2, 0) is 20.6 Å². The molecule has 1 aliphatic heterocycles. The molecule has 0 spiro atoms. The quantitative estimate of drug-likeness (QED) is 0.807. The highest BCUT2D eigenvalue weighted by atomic mass is 32.3. The fourth-order valence-electron chi connectivity index (χ4n) is 1.57. The molecule has 1 rings (SSSR count). The molecular weight excluding hydrogens is 292 g/mol. The Morgan fingerprint density at radius 3 is 2.61 bits per heavy atom. The Bertz CT molecular complexity index is 434. The number of hydrazone groups is 1. The molecule has 1 N–H and O–H groups in total. The van der Waals surface area contributed by atoms with Gasteiger partial charge >= 0.3 is 0 Å². The summed E-state index contributed by atoms with van der Waals surface area (Å²) in [6.45, 7) is 5.64. The minimum Gasteiger partial charge on any atom is -0.280 e. The molecular formula is C10H20N2O3S3. The molecule has 3 unspecified atom stereocenters. The highest BCUT2D eigenvalue weighted by molar-refractivity contribution is 8.37. The molecule has 0 amide bonds. The van der Waals surface area contributed by atoms with Crippen LogP contribution in [0.25, 0.3) is 0 Å². The number of hydrogen-bond donors (Lipinski definition) is 1. The Morgan fingerprint density at radius 1 is 1.44 bits per heavy atom. The van der Waals surface area contributed by atoms with Crippen molar-refractivity contribution in [3.05, 3.63) is 0 Å². The van der Waals surface area contributed by atoms with Gasteiger partial charge in [-0.1, -0.05) is 39.0 Å². The summed E-state index contributed by atoms with van der Waals surface area (Å²) in [5.41, 5.74) is 2.57. The number of sulfone groups is 1. The molecule has 8 heteroatoms. The van der Waals surface area contributed by atoms with Gasteiger partial charge in [-0.15, -0.1) is 0 Å². The van der Waals surface area contributed by atoms with Crippen LogP contribution in [0.15, 0.2) is 5.10 Å². The van der Waals surface area contributed by atoms with Gasteiger partial charge in [0.25, 0.3) is 0 Å². The molecule has 0 saturated carbocycles. The van der Waals surface area contributed by atoms with Crippen LogP contribution >= 0.6 is 11.8 Å². The van der Waals surface area contributed by atoms with Crippen LogP contribution in [-0.4, -0.2) is 32.7 Å². The van der Waals surface area contributed by atoms with Crippen LogP contribution in [0.2, 0.25) is 0 Å². The van der Waals surface area contributed by atoms with Crippen molar-refractivity contribution >= 4 is 36.8 Å². The zero-order valence-corrected chi connectivity index (χ0v) is 13.3. The summed E-state index contributed by atoms with van der Waals surface area (Å²) in [6, 6.07) is 0. The maximum Gasteiger partial charge on any atom is 0.197 e. The molecule has 0 aliphatic carbocycles. The predicted molar refractivity (Wildman–Crippen MR) is 78.5 cm³/mol. The van der Waals surface area contributed by atoms with Gasteiger partial charge in [0.2, 0.25) is 0 Å². The van der Waals surface area contributed by atoms with Gasteiger partial charge in [-0.05, 0) is 12.8 Å². The van der Waals surface area contributed by atoms with E-state index in [9.17, 15) is 12.6 Å². The molecule has 3 atom stereocenters. The van der Waals surface area contributed by atoms with Crippen molar-refractivity contribution in [2.75, 3.05) is 5.75 Å². The van der Waals surface area contributed by atoms with E-state index in [1.54, 1.807) is 6.92 Å². The number of nitrogens with zero attached hydrogens (tertiary/aromatic N) is 1. The number of rotatable bonds is 6. The van der Waals surface area contributed by atoms with Crippen LogP contribution in [0.5, 0.6) is 0 Å². The average Bonchev–Trinajstić information content (AvgIpc) is 2.85. The monoisotopic (exact) mass is 312 g/mol. The summed E-state index contributed by atoms with van der Waals surface area (Å²) in [5, 5.41) is 3.99. The Hall–Kier alpha value is -0.0800. The lowest BCUT2D eigenvalue weighted by atomic mass is 10.2. The van der Waals surface area contributed by atoms with E-state index in [0.717, 1.165) is 31.0 Å². The van der Waals surface area contributed by atoms with Crippen LogP contribution in [0.4, 0.5) is 0 Å². The summed E-state index contributed by atoms with van der Waals surface area (Å²) in [6.07, 6.45) is 2.64. The zero-order chi connectivity index (χ0) is 13.8. The smallest absolute Gasteiger partial charge is 0.197 e. The lowest BCUT2D eigenvalue weighted by Gasteiger charge is -2.12. The van der Waals surface area contributed by atoms with E-state index >= 15 is 0 Å². The van der Waals surface area contributed by atoms with Gasteiger partial charge in [-0.3, -0.25) is 9.63 Å². The molecule has 106 valence electrons. The Labute approximate surface area is 116 Å². The topological polar surface area (TPSA) is 75.6 Å². The fourth-order valence-corrected chi connectivity index (χ4v) is 6.19. The lowest BCUT2D eigenvalue weighted by molar-refractivity contribution is 0.586. The third kappa shape index (κ3) is 3.71. The van der Waals surface area contributed by atoms with Crippen molar-refractivity contribution in [2.24, 2.45) is 5.10 Å². The van der Waals surface area contributed by atoms with Crippen molar-refractivity contribution in [1.82, 2.24) is 5.43 Å². The minimum absolute atomic E-state index is 0.0548. The minimum atomic E-state index is -3.21. The molecule has 0 radical (unpaired) electrons. The van der Waals surface area contributed by atoms with E-state index in [1.165, 1.54) is 0 Å². The second kappa shape index (κ2) is 6.91. The second-order valence-electron chi connectivity index (χ2n) is 4.02. The van der Waals surface area contributed by atoms with Crippen molar-refractivity contribution in [3.8, 4) is 0 Å². The highest BCUT2D eigenvalue weighted by Crippen LogP contribution is 2.27. The molecule has 5 nitrogen and oxygen atoms in total. The first kappa shape index (κ1) is 16.0. The van der Waals surface area contributed by atoms with Crippen molar-refractivity contribution in [2.45, 2.75) is 50.0 Å². The molecule has 1 aliphatic rings. The van der Waals surface area contributed by atoms with E-state index in [0.29, 0.717) is 4.38 Å². The van der Waals surface area contributed by atoms with Gasteiger partial charge in [0.15, 0.2) is 18.9 Å². The molecule has 0 bridgehead atoms. The third-order valence-electron chi connectivity index (χ3n) is 2.74. The zero-order valence-electron chi connectivity index (χ0n) is 10.9. The number of thioether (sulfide) groups is 1. The van der Waals surface area contributed by atoms with Crippen LogP contribution in [0.3, 0.4) is 0 Å². The maximum absolute atomic E-state index is 12.3. The second-order valence-corrected chi connectivity index (χ2v) is 9.70. The Balaban J connectivity index is 2.69. The van der Waals surface area contributed by atoms with Crippen LogP contribution in [0.1, 0.15) is 40.0 Å². The molecule has 1 heterocycles. The number of nitrogens with one attached hydrogen (secondary N) is 1. The Kier molecular flexibility index (Phi) is 6.13. The average molecular weight is 312 g/mol. The predicted octanol–water partition coefficient (Wildman–Crippen LogP) is 1.64. The molecule has 0 aromatic heterocycles. The summed E-state index contributed by atoms with van der Waals surface area (Å²) in [5.74, 6) is 0.0548. The summed E-state index contributed by atoms with van der Waals surface area (Å²) in [7, 11) is -4.41. The van der Waals surface area contributed by atoms with Crippen molar-refractivity contribution < 1.29 is 12.6 Å². The molecule has 0 saturated heterocycles. The van der Waals surface area contributed by atoms with Gasteiger partial charge < -0.3 is 0 Å². The molecule has 18 heavy (non-hydrogen) atoms. The van der Waals surface area contributed by atoms with Crippen molar-refractivity contribution in [1.29, 1.82) is 0 Å². The fraction of sp³-hybridized carbons (Fsp3) is 0.900. The lowest BCUT2D eigenvalue weighted by Crippen LogP contribution is -2.28. The largest absolute Gasteiger partial charge is 0.280 e. The van der Waals surface area contributed by atoms with E-state index in [2.05, 4.69) is 10.5 Å². The molecule has 0 aromatic rings. The van der Waals surface area contributed by atoms with Gasteiger partial charge in [0.05, 0.1) is 16.6 Å². The van der Waals surface area contributed by atoms with E-state index in [4.69, 9.17) is 0 Å². The Morgan fingerprint density at radius 2 is 2.11 bits per heavy atom. The number of hydrogen-bond acceptors (Lipinski definition) is 6. The SMILES string of the molecule is CCCC(CC)S(=O)C1=NNC(S(=O)(=O)CC)S1. The first-order valence-corrected chi connectivity index (χ1v) is 9.89. The maximum atomic E-state index is 12.3. The van der Waals surface area contributed by atoms with E-state index < -0.39 is 25.3 Å². The normalized spacial score (nSPS) is 23.3. The van der Waals surface area contributed by atoms with Crippen molar-refractivity contribution in [3.63, 3.8) is 0 Å². The third-order valence-corrected chi connectivity index (χ3v) is 8.47. The van der Waals surface area contributed by atoms with Crippen LogP contribution < -0.4 is 5.43 Å². The molecule has 0 fully saturated rings. The van der Waals surface area contributed by atoms with E-state index in [1.807, 2.05) is 13.8 Å².